The van der Waals surface area contributed by atoms with Crippen molar-refractivity contribution in [3.8, 4) is 0 Å². The van der Waals surface area contributed by atoms with E-state index in [1.165, 1.54) is 18.2 Å². The summed E-state index contributed by atoms with van der Waals surface area (Å²) in [5, 5.41) is 2.84. The summed E-state index contributed by atoms with van der Waals surface area (Å²) in [5.74, 6) is -2.97. The molecule has 0 aliphatic carbocycles. The van der Waals surface area contributed by atoms with E-state index < -0.39 is 41.2 Å². The number of halogens is 8. The molecule has 0 radical (unpaired) electrons. The van der Waals surface area contributed by atoms with Crippen molar-refractivity contribution in [2.75, 3.05) is 20.1 Å². The summed E-state index contributed by atoms with van der Waals surface area (Å²) < 4.78 is 107. The molecule has 0 saturated heterocycles. The SMILES string of the molecule is CN1CC2=C(NC(N)=NC2c2ccc(F)c(C(F)(F)F)c2)/C(=C/c2ccc(F)c(C(F)(F)F)c2)C1. The van der Waals surface area contributed by atoms with Crippen molar-refractivity contribution in [3.05, 3.63) is 87.1 Å². The average Bonchev–Trinajstić information content (AvgIpc) is 2.74. The van der Waals surface area contributed by atoms with Gasteiger partial charge in [0, 0.05) is 18.8 Å². The highest BCUT2D eigenvalue weighted by Crippen LogP contribution is 2.39. The van der Waals surface area contributed by atoms with E-state index in [0.29, 0.717) is 41.1 Å². The molecule has 0 fully saturated rings. The van der Waals surface area contributed by atoms with Gasteiger partial charge in [-0.05, 0) is 59.7 Å². The van der Waals surface area contributed by atoms with Crippen LogP contribution in [0.2, 0.25) is 0 Å². The van der Waals surface area contributed by atoms with Crippen molar-refractivity contribution < 1.29 is 35.1 Å². The quantitative estimate of drug-likeness (QED) is 0.552. The number of nitrogens with one attached hydrogen (secondary N) is 1. The first-order valence-electron chi connectivity index (χ1n) is 10.2. The third kappa shape index (κ3) is 5.02. The van der Waals surface area contributed by atoms with Gasteiger partial charge in [0.25, 0.3) is 0 Å². The van der Waals surface area contributed by atoms with Crippen LogP contribution < -0.4 is 11.1 Å². The standard InChI is InChI=1S/C23H18F8N4/c1-35-9-13(6-11-2-4-17(24)15(7-11)22(26,27)28)20-14(10-35)19(33-21(32)34-20)12-3-5-18(25)16(8-12)23(29,30)31/h2-8,19H,9-10H2,1H3,(H3,32,33,34)/b13-6+. The van der Waals surface area contributed by atoms with E-state index in [1.54, 1.807) is 11.9 Å². The minimum absolute atomic E-state index is 0.0477. The lowest BCUT2D eigenvalue weighted by molar-refractivity contribution is -0.140. The first kappa shape index (κ1) is 24.7. The molecule has 1 atom stereocenters. The summed E-state index contributed by atoms with van der Waals surface area (Å²) in [5.41, 5.74) is 4.47. The maximum absolute atomic E-state index is 13.8. The van der Waals surface area contributed by atoms with Gasteiger partial charge in [-0.2, -0.15) is 26.3 Å². The number of nitrogens with two attached hydrogens (primary N) is 1. The number of hydrogen-bond donors (Lipinski definition) is 2. The van der Waals surface area contributed by atoms with Crippen LogP contribution in [-0.2, 0) is 12.4 Å². The first-order valence-corrected chi connectivity index (χ1v) is 10.2. The zero-order valence-electron chi connectivity index (χ0n) is 18.0. The fourth-order valence-electron chi connectivity index (χ4n) is 4.14. The van der Waals surface area contributed by atoms with E-state index in [4.69, 9.17) is 5.73 Å². The van der Waals surface area contributed by atoms with Crippen LogP contribution in [0.25, 0.3) is 6.08 Å². The second kappa shape index (κ2) is 8.67. The molecule has 4 nitrogen and oxygen atoms in total. The number of rotatable bonds is 2. The summed E-state index contributed by atoms with van der Waals surface area (Å²) in [6.45, 7) is 0.499. The van der Waals surface area contributed by atoms with Crippen LogP contribution in [0.3, 0.4) is 0 Å². The van der Waals surface area contributed by atoms with Crippen molar-refractivity contribution >= 4 is 12.0 Å². The monoisotopic (exact) mass is 502 g/mol. The first-order chi connectivity index (χ1) is 16.2. The summed E-state index contributed by atoms with van der Waals surface area (Å²) in [6, 6.07) is 4.12. The van der Waals surface area contributed by atoms with Crippen molar-refractivity contribution in [3.63, 3.8) is 0 Å². The summed E-state index contributed by atoms with van der Waals surface area (Å²) in [7, 11) is 1.70. The molecule has 2 heterocycles. The molecule has 0 amide bonds. The molecule has 186 valence electrons. The Balaban J connectivity index is 1.82. The second-order valence-electron chi connectivity index (χ2n) is 8.26. The predicted molar refractivity (Wildman–Crippen MR) is 113 cm³/mol. The number of likely N-dealkylation sites (N-methyl/N-ethyl adjacent to an activating group) is 1. The number of guanidine groups is 1. The van der Waals surface area contributed by atoms with Gasteiger partial charge in [-0.3, -0.25) is 4.90 Å². The lowest BCUT2D eigenvalue weighted by Gasteiger charge is -2.36. The highest BCUT2D eigenvalue weighted by Gasteiger charge is 2.37. The Hall–Kier alpha value is -3.41. The fourth-order valence-corrected chi connectivity index (χ4v) is 4.14. The molecule has 0 bridgehead atoms. The maximum atomic E-state index is 13.8. The summed E-state index contributed by atoms with van der Waals surface area (Å²) in [6.07, 6.45) is -8.41. The topological polar surface area (TPSA) is 53.6 Å². The van der Waals surface area contributed by atoms with E-state index >= 15 is 0 Å². The van der Waals surface area contributed by atoms with Crippen molar-refractivity contribution in [1.82, 2.24) is 10.2 Å². The van der Waals surface area contributed by atoms with Gasteiger partial charge in [0.1, 0.15) is 17.7 Å². The molecule has 2 aliphatic rings. The smallest absolute Gasteiger partial charge is 0.370 e. The van der Waals surface area contributed by atoms with Crippen molar-refractivity contribution in [2.45, 2.75) is 18.4 Å². The van der Waals surface area contributed by atoms with E-state index in [9.17, 15) is 35.1 Å². The Bertz CT molecular complexity index is 1260. The van der Waals surface area contributed by atoms with Crippen LogP contribution in [0.1, 0.15) is 28.3 Å². The van der Waals surface area contributed by atoms with Gasteiger partial charge >= 0.3 is 12.4 Å². The minimum Gasteiger partial charge on any atom is -0.370 e. The largest absolute Gasteiger partial charge is 0.419 e. The molecule has 0 spiro atoms. The van der Waals surface area contributed by atoms with E-state index in [1.807, 2.05) is 0 Å². The van der Waals surface area contributed by atoms with E-state index in [2.05, 4.69) is 10.3 Å². The highest BCUT2D eigenvalue weighted by molar-refractivity contribution is 5.84. The molecule has 3 N–H and O–H groups in total. The zero-order chi connectivity index (χ0) is 25.7. The molecule has 12 heteroatoms. The molecule has 2 aromatic rings. The van der Waals surface area contributed by atoms with Crippen LogP contribution in [0.15, 0.2) is 58.2 Å². The molecule has 0 saturated carbocycles. The molecule has 0 aromatic heterocycles. The summed E-state index contributed by atoms with van der Waals surface area (Å²) >= 11 is 0. The van der Waals surface area contributed by atoms with Crippen LogP contribution in [0, 0.1) is 11.6 Å². The number of hydrogen-bond acceptors (Lipinski definition) is 4. The molecule has 2 aliphatic heterocycles. The second-order valence-corrected chi connectivity index (χ2v) is 8.26. The number of benzene rings is 2. The van der Waals surface area contributed by atoms with Crippen LogP contribution >= 0.6 is 0 Å². The van der Waals surface area contributed by atoms with E-state index in [0.717, 1.165) is 0 Å². The maximum Gasteiger partial charge on any atom is 0.419 e. The number of nitrogens with zero attached hydrogens (tertiary/aromatic N) is 2. The van der Waals surface area contributed by atoms with Crippen LogP contribution in [0.5, 0.6) is 0 Å². The normalized spacial score (nSPS) is 20.5. The molecule has 4 rings (SSSR count). The summed E-state index contributed by atoms with van der Waals surface area (Å²) in [4.78, 5) is 5.98. The average molecular weight is 502 g/mol. The van der Waals surface area contributed by atoms with Gasteiger partial charge in [-0.15, -0.1) is 0 Å². The number of aliphatic imine (C=N–C) groups is 1. The van der Waals surface area contributed by atoms with E-state index in [-0.39, 0.29) is 30.2 Å². The molecule has 1 unspecified atom stereocenters. The van der Waals surface area contributed by atoms with Gasteiger partial charge in [-0.25, -0.2) is 13.8 Å². The van der Waals surface area contributed by atoms with Crippen LogP contribution in [-0.4, -0.2) is 31.0 Å². The predicted octanol–water partition coefficient (Wildman–Crippen LogP) is 5.24. The fraction of sp³-hybridized carbons (Fsp3) is 0.261. The molecular weight excluding hydrogens is 484 g/mol. The van der Waals surface area contributed by atoms with Crippen LogP contribution in [0.4, 0.5) is 35.1 Å². The minimum atomic E-state index is -4.92. The Morgan fingerprint density at radius 2 is 1.54 bits per heavy atom. The lowest BCUT2D eigenvalue weighted by atomic mass is 9.89. The third-order valence-corrected chi connectivity index (χ3v) is 5.62. The van der Waals surface area contributed by atoms with Gasteiger partial charge < -0.3 is 11.1 Å². The molecule has 35 heavy (non-hydrogen) atoms. The Labute approximate surface area is 194 Å². The third-order valence-electron chi connectivity index (χ3n) is 5.62. The van der Waals surface area contributed by atoms with Gasteiger partial charge in [0.05, 0.1) is 11.1 Å². The highest BCUT2D eigenvalue weighted by atomic mass is 19.4. The molecule has 2 aromatic carbocycles. The lowest BCUT2D eigenvalue weighted by Crippen LogP contribution is -2.43. The van der Waals surface area contributed by atoms with Gasteiger partial charge in [0.15, 0.2) is 5.96 Å². The zero-order valence-corrected chi connectivity index (χ0v) is 18.0. The van der Waals surface area contributed by atoms with Crippen molar-refractivity contribution in [2.24, 2.45) is 10.7 Å². The Morgan fingerprint density at radius 3 is 2.17 bits per heavy atom. The number of alkyl halides is 6. The Kier molecular flexibility index (Phi) is 6.12. The Morgan fingerprint density at radius 1 is 0.943 bits per heavy atom. The van der Waals surface area contributed by atoms with Gasteiger partial charge in [-0.1, -0.05) is 12.1 Å². The van der Waals surface area contributed by atoms with Gasteiger partial charge in [0.2, 0.25) is 0 Å². The molecular formula is C23H18F8N4. The van der Waals surface area contributed by atoms with Crippen molar-refractivity contribution in [1.29, 1.82) is 0 Å².